The zero-order valence-corrected chi connectivity index (χ0v) is 7.88. The van der Waals surface area contributed by atoms with Gasteiger partial charge in [-0.05, 0) is 0 Å². The summed E-state index contributed by atoms with van der Waals surface area (Å²) in [4.78, 5) is 0. The molecule has 0 atom stereocenters. The zero-order valence-electron chi connectivity index (χ0n) is 6.72. The van der Waals surface area contributed by atoms with Gasteiger partial charge in [-0.1, -0.05) is 38.9 Å². The minimum Gasteiger partial charge on any atom is -0.202 e. The lowest BCUT2D eigenvalue weighted by atomic mass is 10.4. The summed E-state index contributed by atoms with van der Waals surface area (Å²) in [5.41, 5.74) is 0. The molecule has 0 N–H and O–H groups in total. The molecule has 0 heterocycles. The minimum atomic E-state index is -0.188. The Morgan fingerprint density at radius 1 is 1.33 bits per heavy atom. The molecule has 0 aliphatic heterocycles. The van der Waals surface area contributed by atoms with Crippen molar-refractivity contribution in [2.24, 2.45) is 0 Å². The van der Waals surface area contributed by atoms with E-state index in [1.165, 1.54) is 18.9 Å². The summed E-state index contributed by atoms with van der Waals surface area (Å²) in [5, 5.41) is 6.50. The highest BCUT2D eigenvalue weighted by Crippen LogP contribution is 1.98. The van der Waals surface area contributed by atoms with Crippen LogP contribution in [0.5, 0.6) is 0 Å². The third kappa shape index (κ3) is 18.3. The second-order valence-electron chi connectivity index (χ2n) is 2.54. The molecule has 0 radical (unpaired) electrons. The molecule has 54 valence electrons. The molecule has 0 bridgehead atoms. The molecule has 2 heteroatoms. The van der Waals surface area contributed by atoms with Crippen LogP contribution in [0.25, 0.3) is 0 Å². The van der Waals surface area contributed by atoms with Gasteiger partial charge in [-0.3, -0.25) is 0 Å². The van der Waals surface area contributed by atoms with Gasteiger partial charge in [0.15, 0.2) is 0 Å². The van der Waals surface area contributed by atoms with Crippen LogP contribution in [0, 0.1) is 11.8 Å². The lowest BCUT2D eigenvalue weighted by Gasteiger charge is -1.97. The number of hydrogen-bond donors (Lipinski definition) is 0. The summed E-state index contributed by atoms with van der Waals surface area (Å²) < 4.78 is 0. The summed E-state index contributed by atoms with van der Waals surface area (Å²) in [6.45, 7) is 10.6. The van der Waals surface area contributed by atoms with Crippen LogP contribution in [-0.4, -0.2) is 8.80 Å². The van der Waals surface area contributed by atoms with Gasteiger partial charge >= 0.3 is 0 Å². The Bertz CT molecular complexity index is 59.2. The molecule has 0 saturated carbocycles. The molecular formula is C7H17NSi. The van der Waals surface area contributed by atoms with Crippen molar-refractivity contribution >= 4 is 8.80 Å². The maximum atomic E-state index is 6.50. The molecule has 0 saturated heterocycles. The van der Waals surface area contributed by atoms with E-state index in [2.05, 4.69) is 26.6 Å². The monoisotopic (exact) mass is 143 g/mol. The van der Waals surface area contributed by atoms with Crippen LogP contribution in [0.3, 0.4) is 0 Å². The number of hydrogen-bond acceptors (Lipinski definition) is 1. The standard InChI is InChI=1S/C6H16Si.CHN/c1-4-5-6-7(2)3;1-2/h7H,4-6H2,1-3H3;1H. The molecule has 0 unspecified atom stereocenters. The molecule has 0 aromatic carbocycles. The van der Waals surface area contributed by atoms with Crippen LogP contribution in [0.1, 0.15) is 19.8 Å². The third-order valence-corrected chi connectivity index (χ3v) is 2.70. The van der Waals surface area contributed by atoms with Gasteiger partial charge in [0.1, 0.15) is 0 Å². The predicted molar refractivity (Wildman–Crippen MR) is 45.3 cm³/mol. The van der Waals surface area contributed by atoms with Crippen LogP contribution in [0.15, 0.2) is 0 Å². The van der Waals surface area contributed by atoms with Gasteiger partial charge in [-0.2, -0.15) is 0 Å². The highest BCUT2D eigenvalue weighted by Gasteiger charge is 1.90. The van der Waals surface area contributed by atoms with Crippen LogP contribution in [-0.2, 0) is 0 Å². The average Bonchev–Trinajstić information content (AvgIpc) is 1.88. The quantitative estimate of drug-likeness (QED) is 0.557. The lowest BCUT2D eigenvalue weighted by Crippen LogP contribution is -1.96. The number of nitriles is 1. The van der Waals surface area contributed by atoms with E-state index in [0.717, 1.165) is 0 Å². The van der Waals surface area contributed by atoms with E-state index in [9.17, 15) is 0 Å². The SMILES string of the molecule is C#N.CCCC[SiH](C)C. The summed E-state index contributed by atoms with van der Waals surface area (Å²) >= 11 is 0. The molecule has 0 aliphatic carbocycles. The van der Waals surface area contributed by atoms with Crippen molar-refractivity contribution in [3.63, 3.8) is 0 Å². The van der Waals surface area contributed by atoms with E-state index in [1.54, 1.807) is 0 Å². The van der Waals surface area contributed by atoms with Gasteiger partial charge in [-0.25, -0.2) is 5.26 Å². The molecule has 1 nitrogen and oxygen atoms in total. The van der Waals surface area contributed by atoms with E-state index in [-0.39, 0.29) is 8.80 Å². The summed E-state index contributed by atoms with van der Waals surface area (Å²) in [6.07, 6.45) is 2.84. The highest BCUT2D eigenvalue weighted by atomic mass is 28.3. The van der Waals surface area contributed by atoms with Crippen molar-refractivity contribution in [3.8, 4) is 6.57 Å². The van der Waals surface area contributed by atoms with E-state index < -0.39 is 0 Å². The summed E-state index contributed by atoms with van der Waals surface area (Å²) in [6, 6.07) is 1.54. The van der Waals surface area contributed by atoms with E-state index in [4.69, 9.17) is 5.26 Å². The number of unbranched alkanes of at least 4 members (excludes halogenated alkanes) is 1. The Kier molecular flexibility index (Phi) is 13.6. The fourth-order valence-corrected chi connectivity index (χ4v) is 1.84. The highest BCUT2D eigenvalue weighted by molar-refractivity contribution is 6.55. The molecule has 0 aromatic rings. The largest absolute Gasteiger partial charge is 0.202 e. The van der Waals surface area contributed by atoms with E-state index in [0.29, 0.717) is 0 Å². The van der Waals surface area contributed by atoms with Crippen molar-refractivity contribution in [1.82, 2.24) is 0 Å². The second-order valence-corrected chi connectivity index (χ2v) is 5.90. The normalized spacial score (nSPS) is 8.22. The smallest absolute Gasteiger partial charge is 0.0462 e. The summed E-state index contributed by atoms with van der Waals surface area (Å²) in [5.74, 6) is 0. The van der Waals surface area contributed by atoms with E-state index in [1.807, 2.05) is 0 Å². The first-order valence-electron chi connectivity index (χ1n) is 3.53. The molecule has 0 spiro atoms. The fraction of sp³-hybridized carbons (Fsp3) is 0.857. The molecule has 0 amide bonds. The lowest BCUT2D eigenvalue weighted by molar-refractivity contribution is 0.875. The van der Waals surface area contributed by atoms with Gasteiger partial charge in [0.2, 0.25) is 0 Å². The first-order chi connectivity index (χ1) is 4.27. The Morgan fingerprint density at radius 3 is 1.89 bits per heavy atom. The topological polar surface area (TPSA) is 23.8 Å². The molecule has 0 rings (SSSR count). The number of rotatable bonds is 3. The van der Waals surface area contributed by atoms with Crippen LogP contribution >= 0.6 is 0 Å². The maximum absolute atomic E-state index is 6.50. The number of nitrogens with zero attached hydrogens (tertiary/aromatic N) is 1. The minimum absolute atomic E-state index is 0.188. The molecular weight excluding hydrogens is 126 g/mol. The van der Waals surface area contributed by atoms with Crippen LogP contribution in [0.4, 0.5) is 0 Å². The second kappa shape index (κ2) is 10.6. The Morgan fingerprint density at radius 2 is 1.78 bits per heavy atom. The van der Waals surface area contributed by atoms with Gasteiger partial charge in [0.05, 0.1) is 0 Å². The summed E-state index contributed by atoms with van der Waals surface area (Å²) in [7, 11) is -0.188. The van der Waals surface area contributed by atoms with Crippen molar-refractivity contribution < 1.29 is 0 Å². The Balaban J connectivity index is 0. The van der Waals surface area contributed by atoms with Gasteiger partial charge in [0, 0.05) is 15.4 Å². The van der Waals surface area contributed by atoms with Crippen molar-refractivity contribution in [3.05, 3.63) is 0 Å². The first-order valence-corrected chi connectivity index (χ1v) is 6.65. The van der Waals surface area contributed by atoms with Gasteiger partial charge in [-0.15, -0.1) is 0 Å². The molecule has 0 aromatic heterocycles. The average molecular weight is 143 g/mol. The molecule has 0 aliphatic rings. The van der Waals surface area contributed by atoms with Gasteiger partial charge < -0.3 is 0 Å². The Labute approximate surface area is 60.3 Å². The zero-order chi connectivity index (χ0) is 7.70. The van der Waals surface area contributed by atoms with Crippen molar-refractivity contribution in [2.45, 2.75) is 38.9 Å². The van der Waals surface area contributed by atoms with Crippen LogP contribution < -0.4 is 0 Å². The van der Waals surface area contributed by atoms with E-state index >= 15 is 0 Å². The first kappa shape index (κ1) is 11.5. The van der Waals surface area contributed by atoms with Gasteiger partial charge in [0.25, 0.3) is 0 Å². The fourth-order valence-electron chi connectivity index (χ4n) is 0.612. The predicted octanol–water partition coefficient (Wildman–Crippen LogP) is 2.41. The van der Waals surface area contributed by atoms with Crippen molar-refractivity contribution in [2.75, 3.05) is 0 Å². The van der Waals surface area contributed by atoms with Crippen LogP contribution in [0.2, 0.25) is 19.1 Å². The van der Waals surface area contributed by atoms with Crippen molar-refractivity contribution in [1.29, 1.82) is 5.26 Å². The molecule has 9 heavy (non-hydrogen) atoms. The molecule has 0 fully saturated rings. The maximum Gasteiger partial charge on any atom is 0.0462 e. The Hall–Kier alpha value is -0.293. The third-order valence-electron chi connectivity index (χ3n) is 1.14.